The summed E-state index contributed by atoms with van der Waals surface area (Å²) in [5.74, 6) is -0.176. The number of aliphatic hydroxyl groups is 1. The fourth-order valence-electron chi connectivity index (χ4n) is 2.20. The van der Waals surface area contributed by atoms with Gasteiger partial charge in [0.1, 0.15) is 11.6 Å². The number of carboxylic acid groups (broad SMARTS) is 1. The molecule has 1 heterocycles. The Balaban J connectivity index is 0.00000163. The van der Waals surface area contributed by atoms with Gasteiger partial charge in [-0.1, -0.05) is 20.8 Å². The maximum atomic E-state index is 12.6. The first-order chi connectivity index (χ1) is 10.8. The fraction of sp³-hybridized carbons (Fsp3) is 0.812. The summed E-state index contributed by atoms with van der Waals surface area (Å²) >= 11 is 0. The molecule has 1 aliphatic rings. The van der Waals surface area contributed by atoms with Gasteiger partial charge in [-0.25, -0.2) is 4.79 Å². The van der Waals surface area contributed by atoms with Crippen LogP contribution in [-0.2, 0) is 14.3 Å². The lowest BCUT2D eigenvalue weighted by atomic mass is 9.86. The Kier molecular flexibility index (Phi) is 8.19. The Hall–Kier alpha value is -1.83. The second-order valence-corrected chi connectivity index (χ2v) is 7.78. The molecular weight excluding hydrogens is 316 g/mol. The second kappa shape index (κ2) is 8.86. The van der Waals surface area contributed by atoms with Crippen LogP contribution in [-0.4, -0.2) is 64.4 Å². The average molecular weight is 346 g/mol. The molecule has 8 nitrogen and oxygen atoms in total. The summed E-state index contributed by atoms with van der Waals surface area (Å²) in [6.07, 6.45) is -0.499. The maximum Gasteiger partial charge on any atom is 0.408 e. The minimum absolute atomic E-state index is 0.176. The first-order valence-corrected chi connectivity index (χ1v) is 7.86. The van der Waals surface area contributed by atoms with E-state index in [2.05, 4.69) is 5.32 Å². The van der Waals surface area contributed by atoms with Crippen LogP contribution in [0.15, 0.2) is 0 Å². The van der Waals surface area contributed by atoms with E-state index in [0.717, 1.165) is 0 Å². The Bertz CT molecular complexity index is 439. The molecule has 2 unspecified atom stereocenters. The molecule has 1 rings (SSSR count). The van der Waals surface area contributed by atoms with Crippen molar-refractivity contribution in [2.75, 3.05) is 13.1 Å². The molecule has 140 valence electrons. The van der Waals surface area contributed by atoms with Gasteiger partial charge in [-0.05, 0) is 32.6 Å². The van der Waals surface area contributed by atoms with Crippen molar-refractivity contribution in [1.82, 2.24) is 10.2 Å². The highest BCUT2D eigenvalue weighted by Crippen LogP contribution is 2.23. The van der Waals surface area contributed by atoms with Crippen molar-refractivity contribution in [1.29, 1.82) is 0 Å². The van der Waals surface area contributed by atoms with Crippen molar-refractivity contribution in [3.05, 3.63) is 0 Å². The molecule has 3 N–H and O–H groups in total. The quantitative estimate of drug-likeness (QED) is 0.647. The predicted molar refractivity (Wildman–Crippen MR) is 88.5 cm³/mol. The monoisotopic (exact) mass is 346 g/mol. The van der Waals surface area contributed by atoms with Gasteiger partial charge < -0.3 is 25.2 Å². The number of carbonyl (C=O) groups excluding carboxylic acids is 2. The number of hydrogen-bond acceptors (Lipinski definition) is 5. The zero-order valence-corrected chi connectivity index (χ0v) is 15.3. The molecule has 0 aromatic carbocycles. The summed E-state index contributed by atoms with van der Waals surface area (Å²) in [5.41, 5.74) is -1.05. The summed E-state index contributed by atoms with van der Waals surface area (Å²) in [7, 11) is 0. The standard InChI is InChI=1S/C15H28N2O4.CH2O2/c1-14(2,3)11(16-13(20)21-15(4,5)6)12(19)17-8-7-10(18)9-17;2-1-3/h10-11,18H,7-9H2,1-6H3,(H,16,20);1H,(H,2,3). The van der Waals surface area contributed by atoms with Crippen molar-refractivity contribution in [3.63, 3.8) is 0 Å². The molecule has 1 fully saturated rings. The van der Waals surface area contributed by atoms with Gasteiger partial charge in [0.05, 0.1) is 6.10 Å². The molecular formula is C16H30N2O6. The first kappa shape index (κ1) is 22.2. The third kappa shape index (κ3) is 8.14. The number of nitrogens with zero attached hydrogens (tertiary/aromatic N) is 1. The van der Waals surface area contributed by atoms with Gasteiger partial charge in [0.15, 0.2) is 0 Å². The molecule has 0 aromatic rings. The Morgan fingerprint density at radius 1 is 1.25 bits per heavy atom. The topological polar surface area (TPSA) is 116 Å². The van der Waals surface area contributed by atoms with E-state index in [1.54, 1.807) is 25.7 Å². The van der Waals surface area contributed by atoms with Gasteiger partial charge in [0.25, 0.3) is 6.47 Å². The summed E-state index contributed by atoms with van der Waals surface area (Å²) in [5, 5.41) is 19.1. The fourth-order valence-corrected chi connectivity index (χ4v) is 2.20. The molecule has 0 radical (unpaired) electrons. The normalized spacial score (nSPS) is 19.0. The van der Waals surface area contributed by atoms with E-state index >= 15 is 0 Å². The molecule has 0 aliphatic carbocycles. The summed E-state index contributed by atoms with van der Waals surface area (Å²) < 4.78 is 5.23. The number of nitrogens with one attached hydrogen (secondary N) is 1. The third-order valence-electron chi connectivity index (χ3n) is 3.25. The zero-order valence-electron chi connectivity index (χ0n) is 15.3. The molecule has 0 saturated carbocycles. The lowest BCUT2D eigenvalue weighted by Crippen LogP contribution is -2.55. The van der Waals surface area contributed by atoms with E-state index in [1.807, 2.05) is 20.8 Å². The van der Waals surface area contributed by atoms with Gasteiger partial charge in [-0.3, -0.25) is 9.59 Å². The van der Waals surface area contributed by atoms with Crippen molar-refractivity contribution < 1.29 is 29.3 Å². The van der Waals surface area contributed by atoms with E-state index in [9.17, 15) is 14.7 Å². The van der Waals surface area contributed by atoms with Crippen molar-refractivity contribution in [3.8, 4) is 0 Å². The number of hydrogen-bond donors (Lipinski definition) is 3. The summed E-state index contributed by atoms with van der Waals surface area (Å²) in [6.45, 7) is 11.6. The Labute approximate surface area is 143 Å². The third-order valence-corrected chi connectivity index (χ3v) is 3.25. The van der Waals surface area contributed by atoms with Gasteiger partial charge in [0, 0.05) is 13.1 Å². The molecule has 0 bridgehead atoms. The van der Waals surface area contributed by atoms with Crippen LogP contribution in [0.25, 0.3) is 0 Å². The smallest absolute Gasteiger partial charge is 0.408 e. The number of aliphatic hydroxyl groups excluding tert-OH is 1. The number of alkyl carbamates (subject to hydrolysis) is 1. The molecule has 2 amide bonds. The minimum atomic E-state index is -0.683. The molecule has 24 heavy (non-hydrogen) atoms. The van der Waals surface area contributed by atoms with Gasteiger partial charge in [-0.2, -0.15) is 0 Å². The van der Waals surface area contributed by atoms with E-state index in [4.69, 9.17) is 14.6 Å². The van der Waals surface area contributed by atoms with E-state index in [0.29, 0.717) is 19.5 Å². The van der Waals surface area contributed by atoms with Crippen molar-refractivity contribution in [2.24, 2.45) is 5.41 Å². The number of carbonyl (C=O) groups is 3. The van der Waals surface area contributed by atoms with E-state index in [-0.39, 0.29) is 12.4 Å². The number of rotatable bonds is 2. The van der Waals surface area contributed by atoms with E-state index < -0.39 is 29.3 Å². The highest BCUT2D eigenvalue weighted by atomic mass is 16.6. The van der Waals surface area contributed by atoms with Crippen LogP contribution >= 0.6 is 0 Å². The van der Waals surface area contributed by atoms with Crippen LogP contribution in [0.1, 0.15) is 48.0 Å². The molecule has 8 heteroatoms. The number of β-amino-alcohol motifs (C(OH)–C–C–N with tert-alkyl or cyclic N) is 1. The van der Waals surface area contributed by atoms with Crippen LogP contribution < -0.4 is 5.32 Å². The highest BCUT2D eigenvalue weighted by Gasteiger charge is 2.38. The molecule has 2 atom stereocenters. The van der Waals surface area contributed by atoms with Crippen LogP contribution in [0.5, 0.6) is 0 Å². The minimum Gasteiger partial charge on any atom is -0.483 e. The lowest BCUT2D eigenvalue weighted by Gasteiger charge is -2.34. The van der Waals surface area contributed by atoms with Gasteiger partial charge in [0.2, 0.25) is 5.91 Å². The zero-order chi connectivity index (χ0) is 19.1. The first-order valence-electron chi connectivity index (χ1n) is 7.86. The van der Waals surface area contributed by atoms with E-state index in [1.165, 1.54) is 0 Å². The van der Waals surface area contributed by atoms with Crippen molar-refractivity contribution >= 4 is 18.5 Å². The Morgan fingerprint density at radius 3 is 2.08 bits per heavy atom. The second-order valence-electron chi connectivity index (χ2n) is 7.78. The van der Waals surface area contributed by atoms with Crippen LogP contribution in [0, 0.1) is 5.41 Å². The molecule has 0 aromatic heterocycles. The van der Waals surface area contributed by atoms with Crippen LogP contribution in [0.4, 0.5) is 4.79 Å². The Morgan fingerprint density at radius 2 is 1.75 bits per heavy atom. The average Bonchev–Trinajstić information content (AvgIpc) is 2.79. The molecule has 1 aliphatic heterocycles. The SMILES string of the molecule is CC(C)(C)OC(=O)NC(C(=O)N1CCC(O)C1)C(C)(C)C.O=CO. The predicted octanol–water partition coefficient (Wildman–Crippen LogP) is 1.22. The van der Waals surface area contributed by atoms with Crippen molar-refractivity contribution in [2.45, 2.75) is 65.7 Å². The molecule has 0 spiro atoms. The van der Waals surface area contributed by atoms with Crippen LogP contribution in [0.2, 0.25) is 0 Å². The molecule has 1 saturated heterocycles. The lowest BCUT2D eigenvalue weighted by molar-refractivity contribution is -0.135. The summed E-state index contributed by atoms with van der Waals surface area (Å²) in [6, 6.07) is -0.683. The van der Waals surface area contributed by atoms with Gasteiger partial charge in [-0.15, -0.1) is 0 Å². The maximum absolute atomic E-state index is 12.6. The number of amides is 2. The highest BCUT2D eigenvalue weighted by molar-refractivity contribution is 5.86. The summed E-state index contributed by atoms with van der Waals surface area (Å²) in [4.78, 5) is 34.5. The number of likely N-dealkylation sites (tertiary alicyclic amines) is 1. The van der Waals surface area contributed by atoms with Crippen LogP contribution in [0.3, 0.4) is 0 Å². The number of ether oxygens (including phenoxy) is 1. The largest absolute Gasteiger partial charge is 0.483 e. The van der Waals surface area contributed by atoms with Gasteiger partial charge >= 0.3 is 6.09 Å².